The fourth-order valence-electron chi connectivity index (χ4n) is 1.20. The van der Waals surface area contributed by atoms with Crippen molar-refractivity contribution in [3.63, 3.8) is 0 Å². The van der Waals surface area contributed by atoms with Gasteiger partial charge in [-0.25, -0.2) is 8.42 Å². The molecule has 0 spiro atoms. The van der Waals surface area contributed by atoms with Gasteiger partial charge in [-0.05, 0) is 18.6 Å². The molecule has 7 heteroatoms. The fourth-order valence-corrected chi connectivity index (χ4v) is 2.71. The zero-order chi connectivity index (χ0) is 11.9. The summed E-state index contributed by atoms with van der Waals surface area (Å²) in [5, 5.41) is 0. The van der Waals surface area contributed by atoms with Crippen LogP contribution in [0.1, 0.15) is 11.1 Å². The minimum Gasteiger partial charge on any atom is -0.207 e. The second-order valence-corrected chi connectivity index (χ2v) is 5.39. The molecule has 0 saturated heterocycles. The molecule has 0 aliphatic carbocycles. The normalized spacial score (nSPS) is 12.9. The molecule has 0 fully saturated rings. The number of benzene rings is 1. The number of alkyl halides is 3. The summed E-state index contributed by atoms with van der Waals surface area (Å²) >= 11 is 0. The summed E-state index contributed by atoms with van der Waals surface area (Å²) in [7, 11) is 0.552. The molecule has 0 heterocycles. The van der Waals surface area contributed by atoms with Crippen molar-refractivity contribution in [2.45, 2.75) is 18.0 Å². The zero-order valence-electron chi connectivity index (χ0n) is 7.47. The molecule has 0 bridgehead atoms. The van der Waals surface area contributed by atoms with Crippen LogP contribution in [0.2, 0.25) is 0 Å². The van der Waals surface area contributed by atoms with Gasteiger partial charge in [-0.3, -0.25) is 0 Å². The van der Waals surface area contributed by atoms with Crippen molar-refractivity contribution in [3.8, 4) is 0 Å². The lowest BCUT2D eigenvalue weighted by molar-refractivity contribution is -0.139. The van der Waals surface area contributed by atoms with Gasteiger partial charge in [0, 0.05) is 10.7 Å². The van der Waals surface area contributed by atoms with E-state index >= 15 is 0 Å². The summed E-state index contributed by atoms with van der Waals surface area (Å²) in [5.74, 6) is 0. The highest BCUT2D eigenvalue weighted by molar-refractivity contribution is 8.13. The maximum atomic E-state index is 12.4. The van der Waals surface area contributed by atoms with E-state index in [2.05, 4.69) is 0 Å². The van der Waals surface area contributed by atoms with Crippen molar-refractivity contribution in [3.05, 3.63) is 29.3 Å². The summed E-state index contributed by atoms with van der Waals surface area (Å²) in [6.45, 7) is 1.25. The monoisotopic (exact) mass is 258 g/mol. The average Bonchev–Trinajstić information content (AvgIpc) is 1.99. The quantitative estimate of drug-likeness (QED) is 0.726. The molecule has 0 N–H and O–H groups in total. The highest BCUT2D eigenvalue weighted by Crippen LogP contribution is 2.36. The Morgan fingerprint density at radius 3 is 2.13 bits per heavy atom. The highest BCUT2D eigenvalue weighted by Gasteiger charge is 2.37. The Labute approximate surface area is 89.1 Å². The van der Waals surface area contributed by atoms with E-state index in [4.69, 9.17) is 10.7 Å². The van der Waals surface area contributed by atoms with Gasteiger partial charge in [0.25, 0.3) is 9.05 Å². The Morgan fingerprint density at radius 1 is 1.27 bits per heavy atom. The van der Waals surface area contributed by atoms with Gasteiger partial charge >= 0.3 is 6.18 Å². The van der Waals surface area contributed by atoms with Gasteiger partial charge in [0.1, 0.15) is 0 Å². The van der Waals surface area contributed by atoms with Crippen LogP contribution in [0, 0.1) is 6.92 Å². The van der Waals surface area contributed by atoms with Gasteiger partial charge in [0.2, 0.25) is 0 Å². The highest BCUT2D eigenvalue weighted by atomic mass is 35.7. The van der Waals surface area contributed by atoms with Crippen LogP contribution >= 0.6 is 10.7 Å². The molecular weight excluding hydrogens is 253 g/mol. The summed E-state index contributed by atoms with van der Waals surface area (Å²) in [6, 6.07) is 3.07. The second kappa shape index (κ2) is 3.68. The molecule has 15 heavy (non-hydrogen) atoms. The van der Waals surface area contributed by atoms with Gasteiger partial charge in [-0.2, -0.15) is 13.2 Å². The molecule has 0 unspecified atom stereocenters. The van der Waals surface area contributed by atoms with Gasteiger partial charge in [0.05, 0.1) is 10.5 Å². The standard InChI is InChI=1S/C8H6ClF3O2S/c1-5-3-2-4-6(8(10,11)12)7(5)15(9,13)14/h2-4H,1H3. The van der Waals surface area contributed by atoms with Gasteiger partial charge in [-0.15, -0.1) is 0 Å². The number of aryl methyl sites for hydroxylation is 1. The second-order valence-electron chi connectivity index (χ2n) is 2.89. The van der Waals surface area contributed by atoms with Crippen LogP contribution in [0.25, 0.3) is 0 Å². The largest absolute Gasteiger partial charge is 0.417 e. The van der Waals surface area contributed by atoms with E-state index in [0.717, 1.165) is 6.07 Å². The Kier molecular flexibility index (Phi) is 3.02. The van der Waals surface area contributed by atoms with Crippen molar-refractivity contribution in [1.29, 1.82) is 0 Å². The number of halogens is 4. The zero-order valence-corrected chi connectivity index (χ0v) is 9.04. The fraction of sp³-hybridized carbons (Fsp3) is 0.250. The first kappa shape index (κ1) is 12.3. The van der Waals surface area contributed by atoms with E-state index in [1.165, 1.54) is 13.0 Å². The van der Waals surface area contributed by atoms with E-state index < -0.39 is 25.7 Å². The van der Waals surface area contributed by atoms with Crippen LogP contribution in [0.3, 0.4) is 0 Å². The lowest BCUT2D eigenvalue weighted by atomic mass is 10.1. The summed E-state index contributed by atoms with van der Waals surface area (Å²) in [4.78, 5) is -0.876. The molecule has 0 saturated carbocycles. The van der Waals surface area contributed by atoms with E-state index in [0.29, 0.717) is 6.07 Å². The first-order valence-electron chi connectivity index (χ1n) is 3.75. The molecule has 0 atom stereocenters. The van der Waals surface area contributed by atoms with E-state index in [1.807, 2.05) is 0 Å². The first-order valence-corrected chi connectivity index (χ1v) is 6.06. The van der Waals surface area contributed by atoms with Crippen molar-refractivity contribution >= 4 is 19.7 Å². The summed E-state index contributed by atoms with van der Waals surface area (Å²) in [5.41, 5.74) is -1.27. The lowest BCUT2D eigenvalue weighted by Crippen LogP contribution is -2.11. The van der Waals surface area contributed by atoms with E-state index in [-0.39, 0.29) is 5.56 Å². The van der Waals surface area contributed by atoms with Gasteiger partial charge in [0.15, 0.2) is 0 Å². The molecule has 0 aliphatic heterocycles. The summed E-state index contributed by atoms with van der Waals surface area (Å²) in [6.07, 6.45) is -4.73. The third-order valence-electron chi connectivity index (χ3n) is 1.76. The van der Waals surface area contributed by atoms with Crippen LogP contribution in [0.5, 0.6) is 0 Å². The minimum absolute atomic E-state index is 0.0279. The molecular formula is C8H6ClF3O2S. The maximum Gasteiger partial charge on any atom is 0.417 e. The third kappa shape index (κ3) is 2.63. The van der Waals surface area contributed by atoms with Crippen molar-refractivity contribution in [2.75, 3.05) is 0 Å². The van der Waals surface area contributed by atoms with E-state index in [9.17, 15) is 21.6 Å². The van der Waals surface area contributed by atoms with Crippen LogP contribution in [-0.2, 0) is 15.2 Å². The predicted octanol–water partition coefficient (Wildman–Crippen LogP) is 2.94. The SMILES string of the molecule is Cc1cccc(C(F)(F)F)c1S(=O)(=O)Cl. The molecule has 0 amide bonds. The Hall–Kier alpha value is -0.750. The molecule has 0 radical (unpaired) electrons. The molecule has 2 nitrogen and oxygen atoms in total. The molecule has 1 rings (SSSR count). The van der Waals surface area contributed by atoms with Gasteiger partial charge < -0.3 is 0 Å². The van der Waals surface area contributed by atoms with Crippen LogP contribution in [-0.4, -0.2) is 8.42 Å². The number of rotatable bonds is 1. The molecule has 0 aromatic heterocycles. The smallest absolute Gasteiger partial charge is 0.207 e. The topological polar surface area (TPSA) is 34.1 Å². The van der Waals surface area contributed by atoms with E-state index in [1.54, 1.807) is 0 Å². The number of hydrogen-bond donors (Lipinski definition) is 0. The van der Waals surface area contributed by atoms with Crippen LogP contribution in [0.4, 0.5) is 13.2 Å². The van der Waals surface area contributed by atoms with Gasteiger partial charge in [-0.1, -0.05) is 12.1 Å². The third-order valence-corrected chi connectivity index (χ3v) is 3.25. The number of hydrogen-bond acceptors (Lipinski definition) is 2. The Bertz CT molecular complexity index is 479. The van der Waals surface area contributed by atoms with Crippen molar-refractivity contribution in [2.24, 2.45) is 0 Å². The van der Waals surface area contributed by atoms with Crippen LogP contribution < -0.4 is 0 Å². The van der Waals surface area contributed by atoms with Crippen molar-refractivity contribution in [1.82, 2.24) is 0 Å². The molecule has 1 aromatic carbocycles. The Balaban J connectivity index is 3.63. The Morgan fingerprint density at radius 2 is 1.80 bits per heavy atom. The molecule has 1 aromatic rings. The molecule has 84 valence electrons. The maximum absolute atomic E-state index is 12.4. The van der Waals surface area contributed by atoms with Crippen LogP contribution in [0.15, 0.2) is 23.1 Å². The summed E-state index contributed by atoms with van der Waals surface area (Å²) < 4.78 is 59.3. The first-order chi connectivity index (χ1) is 6.64. The average molecular weight is 259 g/mol. The van der Waals surface area contributed by atoms with Crippen molar-refractivity contribution < 1.29 is 21.6 Å². The predicted molar refractivity (Wildman–Crippen MR) is 49.2 cm³/mol. The molecule has 0 aliphatic rings. The minimum atomic E-state index is -4.73. The lowest BCUT2D eigenvalue weighted by Gasteiger charge is -2.12.